The highest BCUT2D eigenvalue weighted by Gasteiger charge is 2.18. The third-order valence-corrected chi connectivity index (χ3v) is 4.34. The van der Waals surface area contributed by atoms with Gasteiger partial charge in [-0.25, -0.2) is 4.79 Å². The fourth-order valence-electron chi connectivity index (χ4n) is 2.68. The number of nitrogens with zero attached hydrogens (tertiary/aromatic N) is 1. The molecule has 0 spiro atoms. The summed E-state index contributed by atoms with van der Waals surface area (Å²) in [6.45, 7) is 0.783. The number of carbonyl (C=O) groups excluding carboxylic acids is 3. The monoisotopic (exact) mass is 421 g/mol. The third kappa shape index (κ3) is 6.72. The summed E-state index contributed by atoms with van der Waals surface area (Å²) in [5.74, 6) is -1.04. The molecule has 0 unspecified atom stereocenters. The first-order valence-corrected chi connectivity index (χ1v) is 9.44. The van der Waals surface area contributed by atoms with Crippen molar-refractivity contribution in [1.29, 1.82) is 5.26 Å². The number of nitrogens with one attached hydrogen (secondary N) is 1. The van der Waals surface area contributed by atoms with Gasteiger partial charge in [0.05, 0.1) is 18.4 Å². The number of ketones is 1. The van der Waals surface area contributed by atoms with Crippen molar-refractivity contribution < 1.29 is 23.9 Å². The minimum absolute atomic E-state index is 0.0491. The van der Waals surface area contributed by atoms with Gasteiger partial charge in [0.1, 0.15) is 17.4 Å². The Labute approximate surface area is 180 Å². The van der Waals surface area contributed by atoms with Gasteiger partial charge in [-0.2, -0.15) is 5.26 Å². The lowest BCUT2D eigenvalue weighted by Gasteiger charge is -2.11. The molecule has 3 N–H and O–H groups in total. The number of Topliss-reactive ketones (excluding diaryl/α,β-unsaturated/α-hetero) is 1. The number of carbonyl (C=O) groups is 3. The molecule has 0 radical (unpaired) electrons. The maximum absolute atomic E-state index is 12.4. The van der Waals surface area contributed by atoms with Crippen LogP contribution in [0, 0.1) is 11.3 Å². The SMILES string of the molecule is COc1ccc(CCC(=O)Nc2ccccc2C(=O)OCC(=O)/C(C#N)=C(\C)N)cc1. The minimum atomic E-state index is -0.800. The zero-order valence-corrected chi connectivity index (χ0v) is 17.3. The Hall–Kier alpha value is -4.12. The van der Waals surface area contributed by atoms with Crippen molar-refractivity contribution in [3.8, 4) is 11.8 Å². The number of rotatable bonds is 9. The molecular formula is C23H23N3O5. The Morgan fingerprint density at radius 3 is 2.39 bits per heavy atom. The van der Waals surface area contributed by atoms with Crippen molar-refractivity contribution in [2.75, 3.05) is 19.0 Å². The molecule has 2 rings (SSSR count). The van der Waals surface area contributed by atoms with Crippen LogP contribution < -0.4 is 15.8 Å². The lowest BCUT2D eigenvalue weighted by Crippen LogP contribution is -2.19. The first kappa shape index (κ1) is 23.2. The van der Waals surface area contributed by atoms with Crippen LogP contribution in [-0.4, -0.2) is 31.4 Å². The van der Waals surface area contributed by atoms with Crippen LogP contribution in [0.2, 0.25) is 0 Å². The number of allylic oxidation sites excluding steroid dienone is 1. The summed E-state index contributed by atoms with van der Waals surface area (Å²) in [7, 11) is 1.58. The quantitative estimate of drug-likeness (QED) is 0.361. The Bertz CT molecular complexity index is 1030. The number of hydrogen-bond acceptors (Lipinski definition) is 7. The van der Waals surface area contributed by atoms with Crippen molar-refractivity contribution in [2.45, 2.75) is 19.8 Å². The van der Waals surface area contributed by atoms with Crippen molar-refractivity contribution in [1.82, 2.24) is 0 Å². The predicted octanol–water partition coefficient (Wildman–Crippen LogP) is 2.75. The molecule has 2 aromatic carbocycles. The molecule has 0 bridgehead atoms. The maximum Gasteiger partial charge on any atom is 0.340 e. The van der Waals surface area contributed by atoms with Gasteiger partial charge in [-0.1, -0.05) is 24.3 Å². The number of methoxy groups -OCH3 is 1. The first-order valence-electron chi connectivity index (χ1n) is 9.44. The summed E-state index contributed by atoms with van der Waals surface area (Å²) in [4.78, 5) is 36.7. The standard InChI is InChI=1S/C23H23N3O5/c1-15(25)19(13-24)21(27)14-31-23(29)18-5-3-4-6-20(18)26-22(28)12-9-16-7-10-17(30-2)11-8-16/h3-8,10-11H,9,12,14,25H2,1-2H3,(H,26,28)/b19-15+. The number of ether oxygens (including phenoxy) is 2. The summed E-state index contributed by atoms with van der Waals surface area (Å²) in [6, 6.07) is 15.4. The summed E-state index contributed by atoms with van der Waals surface area (Å²) >= 11 is 0. The molecule has 0 aliphatic heterocycles. The van der Waals surface area contributed by atoms with Gasteiger partial charge in [-0.05, 0) is 43.2 Å². The Balaban J connectivity index is 1.98. The van der Waals surface area contributed by atoms with E-state index in [0.29, 0.717) is 6.42 Å². The molecule has 0 fully saturated rings. The second-order valence-electron chi connectivity index (χ2n) is 6.61. The van der Waals surface area contributed by atoms with E-state index < -0.39 is 18.4 Å². The third-order valence-electron chi connectivity index (χ3n) is 4.34. The number of anilines is 1. The molecule has 0 aliphatic carbocycles. The summed E-state index contributed by atoms with van der Waals surface area (Å²) < 4.78 is 10.1. The maximum atomic E-state index is 12.4. The van der Waals surface area contributed by atoms with Gasteiger partial charge in [0, 0.05) is 12.1 Å². The van der Waals surface area contributed by atoms with Crippen LogP contribution in [0.15, 0.2) is 59.8 Å². The zero-order valence-electron chi connectivity index (χ0n) is 17.3. The van der Waals surface area contributed by atoms with Gasteiger partial charge in [0.2, 0.25) is 11.7 Å². The molecule has 160 valence electrons. The lowest BCUT2D eigenvalue weighted by atomic mass is 10.1. The number of esters is 1. The van der Waals surface area contributed by atoms with E-state index in [1.165, 1.54) is 13.0 Å². The molecule has 0 saturated carbocycles. The van der Waals surface area contributed by atoms with Crippen molar-refractivity contribution in [2.24, 2.45) is 5.73 Å². The van der Waals surface area contributed by atoms with E-state index in [0.717, 1.165) is 11.3 Å². The zero-order chi connectivity index (χ0) is 22.8. The highest BCUT2D eigenvalue weighted by Crippen LogP contribution is 2.18. The fraction of sp³-hybridized carbons (Fsp3) is 0.217. The second kappa shape index (κ2) is 11.2. The molecule has 8 nitrogen and oxygen atoms in total. The number of aryl methyl sites for hydroxylation is 1. The molecule has 0 aromatic heterocycles. The van der Waals surface area contributed by atoms with Gasteiger partial charge in [-0.15, -0.1) is 0 Å². The van der Waals surface area contributed by atoms with E-state index in [1.54, 1.807) is 31.4 Å². The van der Waals surface area contributed by atoms with Crippen molar-refractivity contribution in [3.05, 3.63) is 70.9 Å². The number of benzene rings is 2. The number of nitrogens with two attached hydrogens (primary N) is 1. The van der Waals surface area contributed by atoms with Gasteiger partial charge >= 0.3 is 5.97 Å². The summed E-state index contributed by atoms with van der Waals surface area (Å²) in [5.41, 5.74) is 6.60. The number of hydrogen-bond donors (Lipinski definition) is 2. The number of nitriles is 1. The average molecular weight is 421 g/mol. The van der Waals surface area contributed by atoms with Crippen LogP contribution in [-0.2, 0) is 20.7 Å². The van der Waals surface area contributed by atoms with Crippen LogP contribution in [0.4, 0.5) is 5.69 Å². The first-order chi connectivity index (χ1) is 14.8. The number of para-hydroxylation sites is 1. The normalized spacial score (nSPS) is 11.0. The molecule has 8 heteroatoms. The molecule has 0 heterocycles. The van der Waals surface area contributed by atoms with Gasteiger partial charge in [0.15, 0.2) is 6.61 Å². The summed E-state index contributed by atoms with van der Waals surface area (Å²) in [5, 5.41) is 11.6. The molecular weight excluding hydrogens is 398 g/mol. The van der Waals surface area contributed by atoms with E-state index in [4.69, 9.17) is 20.5 Å². The molecule has 2 aromatic rings. The fourth-order valence-corrected chi connectivity index (χ4v) is 2.68. The molecule has 31 heavy (non-hydrogen) atoms. The molecule has 0 aliphatic rings. The van der Waals surface area contributed by atoms with Crippen LogP contribution in [0.1, 0.15) is 29.3 Å². The van der Waals surface area contributed by atoms with Crippen molar-refractivity contribution in [3.63, 3.8) is 0 Å². The van der Waals surface area contributed by atoms with Crippen LogP contribution in [0.3, 0.4) is 0 Å². The van der Waals surface area contributed by atoms with Gasteiger partial charge in [-0.3, -0.25) is 9.59 Å². The van der Waals surface area contributed by atoms with Crippen LogP contribution in [0.25, 0.3) is 0 Å². The van der Waals surface area contributed by atoms with E-state index in [9.17, 15) is 14.4 Å². The van der Waals surface area contributed by atoms with Gasteiger partial charge < -0.3 is 20.5 Å². The summed E-state index contributed by atoms with van der Waals surface area (Å²) in [6.07, 6.45) is 0.721. The molecule has 0 atom stereocenters. The smallest absolute Gasteiger partial charge is 0.340 e. The Kier molecular flexibility index (Phi) is 8.34. The molecule has 1 amide bonds. The lowest BCUT2D eigenvalue weighted by molar-refractivity contribution is -0.118. The molecule has 0 saturated heterocycles. The average Bonchev–Trinajstić information content (AvgIpc) is 2.77. The topological polar surface area (TPSA) is 132 Å². The van der Waals surface area contributed by atoms with E-state index in [1.807, 2.05) is 24.3 Å². The van der Waals surface area contributed by atoms with Crippen LogP contribution >= 0.6 is 0 Å². The predicted molar refractivity (Wildman–Crippen MR) is 114 cm³/mol. The van der Waals surface area contributed by atoms with E-state index in [2.05, 4.69) is 5.32 Å². The largest absolute Gasteiger partial charge is 0.497 e. The minimum Gasteiger partial charge on any atom is -0.497 e. The number of amides is 1. The highest BCUT2D eigenvalue weighted by atomic mass is 16.5. The van der Waals surface area contributed by atoms with Crippen molar-refractivity contribution >= 4 is 23.3 Å². The van der Waals surface area contributed by atoms with Crippen LogP contribution in [0.5, 0.6) is 5.75 Å². The Morgan fingerprint density at radius 1 is 1.10 bits per heavy atom. The van der Waals surface area contributed by atoms with E-state index in [-0.39, 0.29) is 34.8 Å². The Morgan fingerprint density at radius 2 is 1.77 bits per heavy atom. The second-order valence-corrected chi connectivity index (χ2v) is 6.61. The van der Waals surface area contributed by atoms with Gasteiger partial charge in [0.25, 0.3) is 0 Å². The van der Waals surface area contributed by atoms with E-state index >= 15 is 0 Å². The highest BCUT2D eigenvalue weighted by molar-refractivity contribution is 6.04.